The van der Waals surface area contributed by atoms with Crippen molar-refractivity contribution in [2.45, 2.75) is 13.8 Å². The maximum atomic E-state index is 11.4. The summed E-state index contributed by atoms with van der Waals surface area (Å²) < 4.78 is 0. The van der Waals surface area contributed by atoms with Crippen LogP contribution in [0.3, 0.4) is 0 Å². The first-order valence-corrected chi connectivity index (χ1v) is 5.04. The Morgan fingerprint density at radius 3 is 2.38 bits per heavy atom. The zero-order valence-corrected chi connectivity index (χ0v) is 9.24. The Balaban J connectivity index is 3.00. The van der Waals surface area contributed by atoms with Gasteiger partial charge in [-0.25, -0.2) is 0 Å². The summed E-state index contributed by atoms with van der Waals surface area (Å²) in [4.78, 5) is 11.4. The number of phenolic OH excluding ortho intramolecular Hbond substituents is 1. The molecule has 0 heterocycles. The lowest BCUT2D eigenvalue weighted by atomic mass is 9.96. The molecule has 0 saturated heterocycles. The Morgan fingerprint density at radius 2 is 1.81 bits per heavy atom. The average Bonchev–Trinajstić information content (AvgIpc) is 2.26. The number of benzene rings is 2. The number of hydrogen-bond donors (Lipinski definition) is 2. The van der Waals surface area contributed by atoms with Gasteiger partial charge in [-0.2, -0.15) is 0 Å². The molecule has 0 aliphatic rings. The molecule has 2 aromatic rings. The van der Waals surface area contributed by atoms with Crippen molar-refractivity contribution in [3.05, 3.63) is 35.4 Å². The average molecular weight is 215 g/mol. The number of phenols is 1. The second-order valence-electron chi connectivity index (χ2n) is 3.86. The minimum Gasteiger partial charge on any atom is -0.506 e. The largest absolute Gasteiger partial charge is 0.506 e. The summed E-state index contributed by atoms with van der Waals surface area (Å²) in [7, 11) is 0. The quantitative estimate of drug-likeness (QED) is 0.567. The summed E-state index contributed by atoms with van der Waals surface area (Å²) in [5.74, 6) is -0.241. The molecule has 2 aromatic carbocycles. The molecule has 0 aliphatic carbocycles. The summed E-state index contributed by atoms with van der Waals surface area (Å²) in [6.07, 6.45) is 0. The molecule has 2 rings (SSSR count). The standard InChI is InChI=1S/C13H13NO2/c1-7-9-5-3-4-6-10(9)13(16)11(8(2)15)12(7)14/h3-6,16H,14H2,1-2H3. The Labute approximate surface area is 93.5 Å². The molecule has 0 aromatic heterocycles. The Bertz CT molecular complexity index is 588. The van der Waals surface area contributed by atoms with Gasteiger partial charge in [0.15, 0.2) is 5.78 Å². The molecular weight excluding hydrogens is 202 g/mol. The normalized spacial score (nSPS) is 10.6. The SMILES string of the molecule is CC(=O)c1c(N)c(C)c2ccccc2c1O. The second kappa shape index (κ2) is 3.52. The van der Waals surface area contributed by atoms with E-state index < -0.39 is 0 Å². The highest BCUT2D eigenvalue weighted by Crippen LogP contribution is 2.36. The van der Waals surface area contributed by atoms with Crippen LogP contribution in [0, 0.1) is 6.92 Å². The minimum atomic E-state index is -0.219. The third-order valence-corrected chi connectivity index (χ3v) is 2.85. The van der Waals surface area contributed by atoms with E-state index in [1.165, 1.54) is 6.92 Å². The molecule has 0 unspecified atom stereocenters. The van der Waals surface area contributed by atoms with Crippen molar-refractivity contribution in [3.63, 3.8) is 0 Å². The summed E-state index contributed by atoms with van der Waals surface area (Å²) in [5.41, 5.74) is 7.28. The molecule has 0 amide bonds. The Hall–Kier alpha value is -2.03. The molecule has 0 fully saturated rings. The van der Waals surface area contributed by atoms with Crippen LogP contribution in [0.2, 0.25) is 0 Å². The van der Waals surface area contributed by atoms with E-state index in [2.05, 4.69) is 0 Å². The lowest BCUT2D eigenvalue weighted by molar-refractivity contribution is 0.101. The van der Waals surface area contributed by atoms with Gasteiger partial charge in [0.1, 0.15) is 5.75 Å². The van der Waals surface area contributed by atoms with Gasteiger partial charge in [0, 0.05) is 11.1 Å². The first-order chi connectivity index (χ1) is 7.54. The van der Waals surface area contributed by atoms with Gasteiger partial charge >= 0.3 is 0 Å². The molecule has 3 N–H and O–H groups in total. The smallest absolute Gasteiger partial charge is 0.165 e. The van der Waals surface area contributed by atoms with Crippen LogP contribution in [0.1, 0.15) is 22.8 Å². The lowest BCUT2D eigenvalue weighted by Gasteiger charge is -2.12. The maximum absolute atomic E-state index is 11.4. The Kier molecular flexibility index (Phi) is 2.31. The van der Waals surface area contributed by atoms with Crippen molar-refractivity contribution in [2.24, 2.45) is 0 Å². The predicted octanol–water partition coefficient (Wildman–Crippen LogP) is 2.64. The van der Waals surface area contributed by atoms with E-state index in [1.54, 1.807) is 6.07 Å². The van der Waals surface area contributed by atoms with Gasteiger partial charge in [0.25, 0.3) is 0 Å². The number of carbonyl (C=O) groups is 1. The van der Waals surface area contributed by atoms with Crippen molar-refractivity contribution < 1.29 is 9.90 Å². The van der Waals surface area contributed by atoms with Crippen LogP contribution >= 0.6 is 0 Å². The number of fused-ring (bicyclic) bond motifs is 1. The molecule has 0 atom stereocenters. The van der Waals surface area contributed by atoms with Crippen molar-refractivity contribution in [1.82, 2.24) is 0 Å². The summed E-state index contributed by atoms with van der Waals surface area (Å²) in [6.45, 7) is 3.25. The van der Waals surface area contributed by atoms with Gasteiger partial charge in [-0.05, 0) is 24.8 Å². The summed E-state index contributed by atoms with van der Waals surface area (Å²) in [5, 5.41) is 11.6. The minimum absolute atomic E-state index is 0.0220. The number of nitrogens with two attached hydrogens (primary N) is 1. The number of nitrogen functional groups attached to an aromatic ring is 1. The molecule has 16 heavy (non-hydrogen) atoms. The van der Waals surface area contributed by atoms with Crippen LogP contribution in [0.25, 0.3) is 10.8 Å². The fourth-order valence-electron chi connectivity index (χ4n) is 1.97. The van der Waals surface area contributed by atoms with Crippen LogP contribution in [0.5, 0.6) is 5.75 Å². The second-order valence-corrected chi connectivity index (χ2v) is 3.86. The number of carbonyl (C=O) groups excluding carboxylic acids is 1. The number of anilines is 1. The summed E-state index contributed by atoms with van der Waals surface area (Å²) >= 11 is 0. The van der Waals surface area contributed by atoms with E-state index >= 15 is 0 Å². The molecule has 3 nitrogen and oxygen atoms in total. The number of hydrogen-bond acceptors (Lipinski definition) is 3. The third kappa shape index (κ3) is 1.33. The van der Waals surface area contributed by atoms with Crippen LogP contribution in [0.15, 0.2) is 24.3 Å². The van der Waals surface area contributed by atoms with Gasteiger partial charge in [0.05, 0.1) is 5.56 Å². The number of aryl methyl sites for hydroxylation is 1. The zero-order chi connectivity index (χ0) is 11.9. The molecule has 0 spiro atoms. The number of ketones is 1. The van der Waals surface area contributed by atoms with Crippen molar-refractivity contribution in [3.8, 4) is 5.75 Å². The van der Waals surface area contributed by atoms with E-state index in [-0.39, 0.29) is 17.1 Å². The third-order valence-electron chi connectivity index (χ3n) is 2.85. The van der Waals surface area contributed by atoms with Crippen LogP contribution in [-0.2, 0) is 0 Å². The van der Waals surface area contributed by atoms with Gasteiger partial charge in [-0.15, -0.1) is 0 Å². The Morgan fingerprint density at radius 1 is 1.25 bits per heavy atom. The molecule has 3 heteroatoms. The van der Waals surface area contributed by atoms with E-state index in [0.717, 1.165) is 10.9 Å². The predicted molar refractivity (Wildman–Crippen MR) is 64.8 cm³/mol. The van der Waals surface area contributed by atoms with Gasteiger partial charge in [-0.1, -0.05) is 24.3 Å². The summed E-state index contributed by atoms with van der Waals surface area (Å²) in [6, 6.07) is 7.36. The van der Waals surface area contributed by atoms with E-state index in [1.807, 2.05) is 25.1 Å². The fourth-order valence-corrected chi connectivity index (χ4v) is 1.97. The fraction of sp³-hybridized carbons (Fsp3) is 0.154. The number of Topliss-reactive ketones (excluding diaryl/α,β-unsaturated/α-hetero) is 1. The number of rotatable bonds is 1. The van der Waals surface area contributed by atoms with Crippen molar-refractivity contribution in [2.75, 3.05) is 5.73 Å². The number of aromatic hydroxyl groups is 1. The van der Waals surface area contributed by atoms with Crippen molar-refractivity contribution in [1.29, 1.82) is 0 Å². The molecule has 0 saturated carbocycles. The first-order valence-electron chi connectivity index (χ1n) is 5.04. The van der Waals surface area contributed by atoms with E-state index in [9.17, 15) is 9.90 Å². The van der Waals surface area contributed by atoms with Gasteiger partial charge in [-0.3, -0.25) is 4.79 Å². The monoisotopic (exact) mass is 215 g/mol. The highest BCUT2D eigenvalue weighted by molar-refractivity contribution is 6.10. The molecule has 0 aliphatic heterocycles. The van der Waals surface area contributed by atoms with Crippen molar-refractivity contribution >= 4 is 22.2 Å². The van der Waals surface area contributed by atoms with Crippen LogP contribution < -0.4 is 5.73 Å². The highest BCUT2D eigenvalue weighted by atomic mass is 16.3. The highest BCUT2D eigenvalue weighted by Gasteiger charge is 2.17. The zero-order valence-electron chi connectivity index (χ0n) is 9.24. The molecular formula is C13H13NO2. The molecule has 82 valence electrons. The van der Waals surface area contributed by atoms with Gasteiger partial charge in [0.2, 0.25) is 0 Å². The maximum Gasteiger partial charge on any atom is 0.165 e. The van der Waals surface area contributed by atoms with Crippen LogP contribution in [-0.4, -0.2) is 10.9 Å². The molecule has 0 radical (unpaired) electrons. The van der Waals surface area contributed by atoms with Crippen LogP contribution in [0.4, 0.5) is 5.69 Å². The lowest BCUT2D eigenvalue weighted by Crippen LogP contribution is -2.03. The molecule has 0 bridgehead atoms. The van der Waals surface area contributed by atoms with Gasteiger partial charge < -0.3 is 10.8 Å². The topological polar surface area (TPSA) is 63.3 Å². The van der Waals surface area contributed by atoms with E-state index in [4.69, 9.17) is 5.73 Å². The van der Waals surface area contributed by atoms with E-state index in [0.29, 0.717) is 11.1 Å². The first kappa shape index (κ1) is 10.5.